The molecule has 0 unspecified atom stereocenters. The van der Waals surface area contributed by atoms with Gasteiger partial charge < -0.3 is 8.98 Å². The van der Waals surface area contributed by atoms with Crippen LogP contribution >= 0.6 is 11.3 Å². The third-order valence-electron chi connectivity index (χ3n) is 13.0. The summed E-state index contributed by atoms with van der Waals surface area (Å²) in [4.78, 5) is 15.7. The Hall–Kier alpha value is -8.45. The van der Waals surface area contributed by atoms with E-state index in [0.717, 1.165) is 61.0 Å². The van der Waals surface area contributed by atoms with Gasteiger partial charge in [-0.15, -0.1) is 11.3 Å². The first-order valence-corrected chi connectivity index (χ1v) is 22.7. The van der Waals surface area contributed by atoms with Crippen LogP contribution in [-0.4, -0.2) is 19.5 Å². The number of hydrogen-bond acceptors (Lipinski definition) is 5. The van der Waals surface area contributed by atoms with Crippen LogP contribution in [0.15, 0.2) is 211 Å². The summed E-state index contributed by atoms with van der Waals surface area (Å²) in [6.07, 6.45) is 0. The van der Waals surface area contributed by atoms with Crippen molar-refractivity contribution in [2.45, 2.75) is 0 Å². The van der Waals surface area contributed by atoms with E-state index < -0.39 is 0 Å². The van der Waals surface area contributed by atoms with Crippen LogP contribution in [0.2, 0.25) is 0 Å². The summed E-state index contributed by atoms with van der Waals surface area (Å²) in [6.45, 7) is 0. The Kier molecular flexibility index (Phi) is 7.79. The average molecular weight is 847 g/mol. The summed E-state index contributed by atoms with van der Waals surface area (Å²) in [7, 11) is 0. The molecular formula is C59H34N4OS. The number of aromatic nitrogens is 4. The van der Waals surface area contributed by atoms with E-state index in [9.17, 15) is 0 Å². The lowest BCUT2D eigenvalue weighted by atomic mass is 9.98. The molecule has 4 aromatic heterocycles. The fourth-order valence-corrected chi connectivity index (χ4v) is 11.1. The van der Waals surface area contributed by atoms with Crippen molar-refractivity contribution < 1.29 is 4.42 Å². The lowest BCUT2D eigenvalue weighted by Gasteiger charge is -2.16. The van der Waals surface area contributed by atoms with Gasteiger partial charge in [-0.25, -0.2) is 15.0 Å². The molecule has 0 bridgehead atoms. The molecule has 0 aliphatic carbocycles. The van der Waals surface area contributed by atoms with Crippen molar-refractivity contribution in [3.63, 3.8) is 0 Å². The highest BCUT2D eigenvalue weighted by Gasteiger charge is 2.23. The standard InChI is InChI=1S/C59H34N4OS/c1-3-14-35(15-4-1)46-33-48-52(34-50(46)63-49-31-39-20-8-7-19-38(39)30-47(49)44-29-26-36-16-9-10-21-41(36)56(44)63)64-51-24-13-23-45(55(48)51)59-61-57(37-17-5-2-6-18-37)60-58(62-59)40-27-28-43-42-22-11-12-25-53(42)65-54(43)32-40/h1-34H. The smallest absolute Gasteiger partial charge is 0.164 e. The van der Waals surface area contributed by atoms with Crippen molar-refractivity contribution in [3.05, 3.63) is 206 Å². The van der Waals surface area contributed by atoms with Crippen LogP contribution in [0.1, 0.15) is 0 Å². The summed E-state index contributed by atoms with van der Waals surface area (Å²) >= 11 is 1.79. The van der Waals surface area contributed by atoms with E-state index in [1.807, 2.05) is 24.3 Å². The fraction of sp³-hybridized carbons (Fsp3) is 0. The van der Waals surface area contributed by atoms with Gasteiger partial charge in [0.1, 0.15) is 11.2 Å². The SMILES string of the molecule is c1ccc(-c2nc(-c3ccc4c(c3)sc3ccccc34)nc(-c3cccc4oc5cc(-n6c7cc8ccccc8cc7c7ccc8ccccc8c76)c(-c6ccccc6)cc5c34)n2)cc1. The molecule has 14 aromatic rings. The monoisotopic (exact) mass is 846 g/mol. The molecule has 6 heteroatoms. The molecule has 0 aliphatic rings. The van der Waals surface area contributed by atoms with E-state index in [2.05, 4.69) is 187 Å². The lowest BCUT2D eigenvalue weighted by molar-refractivity contribution is 0.668. The highest BCUT2D eigenvalue weighted by Crippen LogP contribution is 2.45. The molecule has 302 valence electrons. The summed E-state index contributed by atoms with van der Waals surface area (Å²) in [6, 6.07) is 73.3. The minimum absolute atomic E-state index is 0.588. The molecule has 5 nitrogen and oxygen atoms in total. The zero-order chi connectivity index (χ0) is 42.6. The molecule has 0 spiro atoms. The van der Waals surface area contributed by atoms with Crippen molar-refractivity contribution in [2.75, 3.05) is 0 Å². The maximum absolute atomic E-state index is 6.95. The van der Waals surface area contributed by atoms with Crippen LogP contribution in [0, 0.1) is 0 Å². The van der Waals surface area contributed by atoms with Gasteiger partial charge in [0, 0.05) is 75.4 Å². The van der Waals surface area contributed by atoms with Crippen LogP contribution in [0.3, 0.4) is 0 Å². The molecule has 4 heterocycles. The number of rotatable bonds is 5. The molecule has 0 amide bonds. The topological polar surface area (TPSA) is 56.7 Å². The molecule has 65 heavy (non-hydrogen) atoms. The van der Waals surface area contributed by atoms with Crippen LogP contribution in [0.25, 0.3) is 136 Å². The average Bonchev–Trinajstić information content (AvgIpc) is 4.04. The predicted molar refractivity (Wildman–Crippen MR) is 271 cm³/mol. The van der Waals surface area contributed by atoms with Gasteiger partial charge in [0.15, 0.2) is 17.5 Å². The maximum atomic E-state index is 6.95. The number of fused-ring (bicyclic) bond motifs is 12. The largest absolute Gasteiger partial charge is 0.456 e. The number of hydrogen-bond donors (Lipinski definition) is 0. The first kappa shape index (κ1) is 36.1. The molecular weight excluding hydrogens is 813 g/mol. The van der Waals surface area contributed by atoms with E-state index in [1.165, 1.54) is 58.0 Å². The Balaban J connectivity index is 1.04. The van der Waals surface area contributed by atoms with Crippen LogP contribution in [-0.2, 0) is 0 Å². The normalized spacial score (nSPS) is 12.0. The first-order valence-electron chi connectivity index (χ1n) is 21.8. The van der Waals surface area contributed by atoms with Gasteiger partial charge in [0.25, 0.3) is 0 Å². The second-order valence-electron chi connectivity index (χ2n) is 16.7. The molecule has 0 radical (unpaired) electrons. The first-order chi connectivity index (χ1) is 32.2. The quantitative estimate of drug-likeness (QED) is 0.173. The summed E-state index contributed by atoms with van der Waals surface area (Å²) < 4.78 is 11.9. The summed E-state index contributed by atoms with van der Waals surface area (Å²) in [5, 5.41) is 11.7. The van der Waals surface area contributed by atoms with Crippen molar-refractivity contribution in [1.29, 1.82) is 0 Å². The van der Waals surface area contributed by atoms with E-state index in [-0.39, 0.29) is 0 Å². The number of benzene rings is 10. The van der Waals surface area contributed by atoms with Gasteiger partial charge in [-0.05, 0) is 58.1 Å². The summed E-state index contributed by atoms with van der Waals surface area (Å²) in [5.41, 5.74) is 9.85. The second kappa shape index (κ2) is 14.0. The van der Waals surface area contributed by atoms with E-state index in [1.54, 1.807) is 11.3 Å². The minimum atomic E-state index is 0.588. The lowest BCUT2D eigenvalue weighted by Crippen LogP contribution is -2.00. The zero-order valence-corrected chi connectivity index (χ0v) is 35.6. The second-order valence-corrected chi connectivity index (χ2v) is 17.8. The van der Waals surface area contributed by atoms with Gasteiger partial charge in [0.05, 0.1) is 16.7 Å². The Morgan fingerprint density at radius 1 is 0.369 bits per heavy atom. The van der Waals surface area contributed by atoms with Gasteiger partial charge in [-0.3, -0.25) is 0 Å². The van der Waals surface area contributed by atoms with E-state index in [4.69, 9.17) is 19.4 Å². The van der Waals surface area contributed by atoms with Gasteiger partial charge in [-0.2, -0.15) is 0 Å². The molecule has 0 aliphatic heterocycles. The fourth-order valence-electron chi connectivity index (χ4n) is 10.0. The molecule has 0 saturated carbocycles. The minimum Gasteiger partial charge on any atom is -0.456 e. The molecule has 0 fully saturated rings. The van der Waals surface area contributed by atoms with Crippen LogP contribution < -0.4 is 0 Å². The third-order valence-corrected chi connectivity index (χ3v) is 14.1. The molecule has 0 N–H and O–H groups in total. The Labute approximate surface area is 376 Å². The van der Waals surface area contributed by atoms with Gasteiger partial charge >= 0.3 is 0 Å². The number of thiophene rings is 1. The van der Waals surface area contributed by atoms with Gasteiger partial charge in [-0.1, -0.05) is 164 Å². The van der Waals surface area contributed by atoms with Crippen LogP contribution in [0.5, 0.6) is 0 Å². The van der Waals surface area contributed by atoms with E-state index in [0.29, 0.717) is 17.5 Å². The third kappa shape index (κ3) is 5.61. The van der Waals surface area contributed by atoms with Crippen molar-refractivity contribution in [2.24, 2.45) is 0 Å². The predicted octanol–water partition coefficient (Wildman–Crippen LogP) is 16.2. The van der Waals surface area contributed by atoms with Crippen molar-refractivity contribution in [3.8, 4) is 51.0 Å². The van der Waals surface area contributed by atoms with Gasteiger partial charge in [0.2, 0.25) is 0 Å². The summed E-state index contributed by atoms with van der Waals surface area (Å²) in [5.74, 6) is 1.83. The number of furan rings is 1. The Morgan fingerprint density at radius 2 is 1.03 bits per heavy atom. The van der Waals surface area contributed by atoms with Crippen LogP contribution in [0.4, 0.5) is 0 Å². The highest BCUT2D eigenvalue weighted by atomic mass is 32.1. The Morgan fingerprint density at radius 3 is 1.86 bits per heavy atom. The van der Waals surface area contributed by atoms with E-state index >= 15 is 0 Å². The van der Waals surface area contributed by atoms with Crippen molar-refractivity contribution >= 4 is 96.8 Å². The molecule has 0 atom stereocenters. The zero-order valence-electron chi connectivity index (χ0n) is 34.7. The van der Waals surface area contributed by atoms with Crippen molar-refractivity contribution in [1.82, 2.24) is 19.5 Å². The maximum Gasteiger partial charge on any atom is 0.164 e. The highest BCUT2D eigenvalue weighted by molar-refractivity contribution is 7.25. The molecule has 14 rings (SSSR count). The number of nitrogens with zero attached hydrogens (tertiary/aromatic N) is 4. The molecule has 0 saturated heterocycles. The Bertz CT molecular complexity index is 4240. The molecule has 10 aromatic carbocycles.